The third-order valence-corrected chi connectivity index (χ3v) is 3.89. The molecule has 0 aromatic heterocycles. The van der Waals surface area contributed by atoms with Gasteiger partial charge in [-0.05, 0) is 5.53 Å². The molecule has 0 saturated heterocycles. The van der Waals surface area contributed by atoms with Crippen LogP contribution in [0.4, 0.5) is 0 Å². The van der Waals surface area contributed by atoms with E-state index < -0.39 is 49.2 Å². The number of nitrogens with zero attached hydrogens (tertiary/aromatic N) is 6. The minimum atomic E-state index is -1.50. The van der Waals surface area contributed by atoms with E-state index in [0.29, 0.717) is 0 Å². The van der Waals surface area contributed by atoms with Crippen LogP contribution in [0.1, 0.15) is 0 Å². The molecule has 15 nitrogen and oxygen atoms in total. The monoisotopic (exact) mass is 455 g/mol. The smallest absolute Gasteiger partial charge is 0.234 e. The van der Waals surface area contributed by atoms with Crippen molar-refractivity contribution in [3.05, 3.63) is 22.8 Å². The van der Waals surface area contributed by atoms with Gasteiger partial charge in [0, 0.05) is 70.4 Å². The fourth-order valence-corrected chi connectivity index (χ4v) is 2.61. The fraction of sp³-hybridized carbons (Fsp3) is 0.647. The van der Waals surface area contributed by atoms with Crippen LogP contribution in [0.2, 0.25) is 0 Å². The van der Waals surface area contributed by atoms with Gasteiger partial charge in [0.15, 0.2) is 0 Å². The predicted octanol–water partition coefficient (Wildman–Crippen LogP) is -6.56. The Balaban J connectivity index is 5.12. The minimum absolute atomic E-state index is 0.0260. The summed E-state index contributed by atoms with van der Waals surface area (Å²) in [5.41, 5.74) is 8.23. The highest BCUT2D eigenvalue weighted by molar-refractivity contribution is 5.78. The van der Waals surface area contributed by atoms with Crippen molar-refractivity contribution in [2.45, 2.75) is 0 Å². The van der Waals surface area contributed by atoms with Crippen LogP contribution in [0.3, 0.4) is 0 Å². The maximum absolute atomic E-state index is 12.1. The Morgan fingerprint density at radius 1 is 0.781 bits per heavy atom. The van der Waals surface area contributed by atoms with Gasteiger partial charge in [0.05, 0.1) is 24.5 Å². The number of amides is 1. The molecule has 32 heavy (non-hydrogen) atoms. The first-order chi connectivity index (χ1) is 15.0. The van der Waals surface area contributed by atoms with Crippen molar-refractivity contribution in [3.63, 3.8) is 0 Å². The summed E-state index contributed by atoms with van der Waals surface area (Å²) in [4.78, 5) is 51.0. The second-order valence-corrected chi connectivity index (χ2v) is 6.66. The third-order valence-electron chi connectivity index (χ3n) is 3.89. The molecule has 1 N–H and O–H groups in total. The van der Waals surface area contributed by atoms with Crippen molar-refractivity contribution in [2.75, 3.05) is 72.0 Å². The van der Waals surface area contributed by atoms with E-state index in [9.17, 15) is 39.6 Å². The summed E-state index contributed by atoms with van der Waals surface area (Å²) in [7, 11) is 0. The molecule has 0 spiro atoms. The molecule has 0 aliphatic carbocycles. The van der Waals surface area contributed by atoms with Gasteiger partial charge in [-0.15, -0.1) is 12.3 Å². The van der Waals surface area contributed by atoms with Crippen LogP contribution < -0.4 is 25.7 Å². The summed E-state index contributed by atoms with van der Waals surface area (Å²) in [6, 6.07) is 0. The Morgan fingerprint density at radius 3 is 1.62 bits per heavy atom. The van der Waals surface area contributed by atoms with Crippen LogP contribution in [-0.4, -0.2) is 111 Å². The normalized spacial score (nSPS) is 10.7. The topological polar surface area (TPSA) is 231 Å². The summed E-state index contributed by atoms with van der Waals surface area (Å²) in [5, 5.41) is 49.5. The van der Waals surface area contributed by atoms with Crippen molar-refractivity contribution in [1.82, 2.24) is 20.0 Å². The van der Waals surface area contributed by atoms with Gasteiger partial charge in [-0.1, -0.05) is 5.11 Å². The van der Waals surface area contributed by atoms with E-state index in [0.717, 1.165) is 4.90 Å². The zero-order chi connectivity index (χ0) is 24.5. The second-order valence-electron chi connectivity index (χ2n) is 6.66. The Morgan fingerprint density at radius 2 is 1.22 bits per heavy atom. The molecule has 0 fully saturated rings. The molecule has 0 aromatic carbocycles. The van der Waals surface area contributed by atoms with Gasteiger partial charge in [0.2, 0.25) is 5.91 Å². The lowest BCUT2D eigenvalue weighted by molar-refractivity contribution is -0.313. The lowest BCUT2D eigenvalue weighted by atomic mass is 10.3. The maximum Gasteiger partial charge on any atom is 0.234 e. The number of carbonyl (C=O) groups is 4. The summed E-state index contributed by atoms with van der Waals surface area (Å²) < 4.78 is 0. The third kappa shape index (κ3) is 16.4. The summed E-state index contributed by atoms with van der Waals surface area (Å²) in [6.45, 7) is 0.980. The first kappa shape index (κ1) is 28.6. The van der Waals surface area contributed by atoms with Crippen molar-refractivity contribution in [2.24, 2.45) is 5.11 Å². The van der Waals surface area contributed by atoms with Crippen LogP contribution in [0.5, 0.6) is 0 Å². The molecule has 15 heteroatoms. The Hall–Kier alpha value is -3.39. The number of rotatable bonds is 19. The first-order valence-electron chi connectivity index (χ1n) is 9.42. The number of nitrogens with one attached hydrogen (secondary N) is 1. The molecule has 0 atom stereocenters. The highest BCUT2D eigenvalue weighted by Crippen LogP contribution is 1.97. The van der Waals surface area contributed by atoms with Gasteiger partial charge in [-0.2, -0.15) is 0 Å². The maximum atomic E-state index is 12.1. The second kappa shape index (κ2) is 16.3. The van der Waals surface area contributed by atoms with Gasteiger partial charge < -0.3 is 40.1 Å². The van der Waals surface area contributed by atoms with Crippen LogP contribution in [0.15, 0.2) is 17.5 Å². The number of carbonyl (C=O) groups excluding carboxylic acids is 4. The summed E-state index contributed by atoms with van der Waals surface area (Å²) >= 11 is 0. The van der Waals surface area contributed by atoms with Gasteiger partial charge in [-0.3, -0.25) is 19.5 Å². The lowest BCUT2D eigenvalue weighted by Crippen LogP contribution is -2.49. The quantitative estimate of drug-likeness (QED) is 0.0632. The van der Waals surface area contributed by atoms with Gasteiger partial charge in [-0.25, -0.2) is 0 Å². The van der Waals surface area contributed by atoms with E-state index in [4.69, 9.17) is 5.53 Å². The van der Waals surface area contributed by atoms with Crippen LogP contribution in [-0.2, 0) is 19.2 Å². The Bertz CT molecular complexity index is 639. The molecule has 0 aromatic rings. The molecule has 0 radical (unpaired) electrons. The minimum Gasteiger partial charge on any atom is -0.875 e. The Labute approximate surface area is 184 Å². The zero-order valence-corrected chi connectivity index (χ0v) is 17.4. The average molecular weight is 455 g/mol. The van der Waals surface area contributed by atoms with E-state index in [1.165, 1.54) is 9.80 Å². The molecule has 0 unspecified atom stereocenters. The summed E-state index contributed by atoms with van der Waals surface area (Å²) in [6.07, 6.45) is 0. The number of aliphatic carboxylic acids is 3. The van der Waals surface area contributed by atoms with Crippen LogP contribution in [0, 0.1) is 0 Å². The number of hydrogen-bond donors (Lipinski definition) is 1. The van der Waals surface area contributed by atoms with E-state index in [1.807, 2.05) is 0 Å². The molecule has 180 valence electrons. The van der Waals surface area contributed by atoms with Crippen LogP contribution >= 0.6 is 0 Å². The molecular formula is C17H25N7O8-4. The largest absolute Gasteiger partial charge is 0.875 e. The number of carboxylic acids is 3. The molecule has 0 rings (SSSR count). The van der Waals surface area contributed by atoms with Gasteiger partial charge in [0.1, 0.15) is 0 Å². The SMILES string of the molecule is C=C([O-])CN(CCN(CCN(CC(=O)[O-])CC(=O)[O-])CC(=O)NCCN=[N+]=[N-])CC(=O)[O-]. The Kier molecular flexibility index (Phi) is 14.6. The van der Waals surface area contributed by atoms with Crippen molar-refractivity contribution < 1.29 is 39.6 Å². The lowest BCUT2D eigenvalue weighted by Gasteiger charge is -2.31. The van der Waals surface area contributed by atoms with E-state index >= 15 is 0 Å². The van der Waals surface area contributed by atoms with Gasteiger partial charge in [0.25, 0.3) is 0 Å². The van der Waals surface area contributed by atoms with Crippen molar-refractivity contribution in [1.29, 1.82) is 0 Å². The van der Waals surface area contributed by atoms with Crippen molar-refractivity contribution in [3.8, 4) is 0 Å². The molecule has 0 aliphatic rings. The van der Waals surface area contributed by atoms with Crippen LogP contribution in [0.25, 0.3) is 10.4 Å². The molecule has 0 heterocycles. The highest BCUT2D eigenvalue weighted by Gasteiger charge is 2.15. The molecule has 0 aliphatic heterocycles. The van der Waals surface area contributed by atoms with Gasteiger partial charge >= 0.3 is 0 Å². The molecule has 0 saturated carbocycles. The zero-order valence-electron chi connectivity index (χ0n) is 17.4. The van der Waals surface area contributed by atoms with E-state index in [1.54, 1.807) is 0 Å². The average Bonchev–Trinajstić information content (AvgIpc) is 2.65. The van der Waals surface area contributed by atoms with E-state index in [2.05, 4.69) is 21.9 Å². The van der Waals surface area contributed by atoms with Crippen molar-refractivity contribution >= 4 is 23.8 Å². The predicted molar refractivity (Wildman–Crippen MR) is 101 cm³/mol. The fourth-order valence-electron chi connectivity index (χ4n) is 2.61. The highest BCUT2D eigenvalue weighted by atomic mass is 16.4. The standard InChI is InChI=1S/C17H29N7O8/c1-13(25)8-23(10-15(27)28)6-4-22(9-14(26)19-2-3-20-21-18)5-7-24(11-16(29)30)12-17(31)32/h25H,1-12H2,(H,19,26)(H,27,28)(H,29,30)(H,31,32)/p-4. The number of azide groups is 1. The first-order valence-corrected chi connectivity index (χ1v) is 9.42. The number of carboxylic acid groups (broad SMARTS) is 3. The number of hydrogen-bond acceptors (Lipinski definition) is 12. The molecule has 0 bridgehead atoms. The van der Waals surface area contributed by atoms with E-state index in [-0.39, 0.29) is 52.4 Å². The molecular weight excluding hydrogens is 430 g/mol. The molecule has 1 amide bonds. The summed E-state index contributed by atoms with van der Waals surface area (Å²) in [5.74, 6) is -5.40.